The van der Waals surface area contributed by atoms with E-state index in [1.54, 1.807) is 67.8 Å². The second kappa shape index (κ2) is 11.3. The third-order valence-corrected chi connectivity index (χ3v) is 7.47. The predicted octanol–water partition coefficient (Wildman–Crippen LogP) is 4.54. The van der Waals surface area contributed by atoms with E-state index in [1.807, 2.05) is 31.2 Å². The van der Waals surface area contributed by atoms with E-state index in [-0.39, 0.29) is 18.1 Å². The van der Waals surface area contributed by atoms with E-state index in [1.165, 1.54) is 11.3 Å². The largest absolute Gasteiger partial charge is 0.463 e. The first kappa shape index (κ1) is 27.1. The maximum absolute atomic E-state index is 13.8. The van der Waals surface area contributed by atoms with Gasteiger partial charge in [0.2, 0.25) is 0 Å². The third-order valence-electron chi connectivity index (χ3n) is 6.49. The summed E-state index contributed by atoms with van der Waals surface area (Å²) in [6.07, 6.45) is 1.68. The standard InChI is InChI=1S/C31H28N2O6S/c1-5-37-29(35)22-13-11-20(12-14-22)24-16-15-23(39-24)17-25-28(34)33-27(21-9-7-18(3)8-10-21)26(30(36)38-6-2)19(4)32-31(33)40-25/h7-17,27H,5-6H2,1-4H3/b25-17-/t27-/m0/s1. The number of allylic oxidation sites excluding steroid dienone is 1. The molecule has 0 spiro atoms. The zero-order chi connectivity index (χ0) is 28.4. The molecule has 5 rings (SSSR count). The Bertz CT molecular complexity index is 1790. The Morgan fingerprint density at radius 2 is 1.62 bits per heavy atom. The number of aryl methyl sites for hydroxylation is 1. The summed E-state index contributed by atoms with van der Waals surface area (Å²) in [6.45, 7) is 7.77. The van der Waals surface area contributed by atoms with E-state index in [4.69, 9.17) is 13.9 Å². The molecule has 0 bridgehead atoms. The van der Waals surface area contributed by atoms with Crippen LogP contribution in [0.3, 0.4) is 0 Å². The van der Waals surface area contributed by atoms with Crippen LogP contribution >= 0.6 is 11.3 Å². The van der Waals surface area contributed by atoms with E-state index in [0.717, 1.165) is 16.7 Å². The first-order valence-corrected chi connectivity index (χ1v) is 13.8. The van der Waals surface area contributed by atoms with Crippen molar-refractivity contribution in [3.63, 3.8) is 0 Å². The number of fused-ring (bicyclic) bond motifs is 1. The molecule has 1 atom stereocenters. The highest BCUT2D eigenvalue weighted by molar-refractivity contribution is 7.07. The Hall–Kier alpha value is -4.50. The molecule has 2 aromatic carbocycles. The summed E-state index contributed by atoms with van der Waals surface area (Å²) in [5, 5.41) is 0. The fourth-order valence-corrected chi connectivity index (χ4v) is 5.58. The van der Waals surface area contributed by atoms with Crippen LogP contribution in [-0.2, 0) is 14.3 Å². The Morgan fingerprint density at radius 3 is 2.30 bits per heavy atom. The lowest BCUT2D eigenvalue weighted by atomic mass is 9.95. The number of hydrogen-bond donors (Lipinski definition) is 0. The molecule has 0 saturated carbocycles. The molecule has 0 saturated heterocycles. The number of esters is 2. The van der Waals surface area contributed by atoms with Crippen LogP contribution in [-0.4, -0.2) is 29.7 Å². The highest BCUT2D eigenvalue weighted by Gasteiger charge is 2.33. The lowest BCUT2D eigenvalue weighted by Crippen LogP contribution is -2.39. The van der Waals surface area contributed by atoms with Crippen molar-refractivity contribution in [3.8, 4) is 11.3 Å². The Kier molecular flexibility index (Phi) is 7.66. The van der Waals surface area contributed by atoms with E-state index in [9.17, 15) is 14.4 Å². The summed E-state index contributed by atoms with van der Waals surface area (Å²) in [5.74, 6) is 0.207. The zero-order valence-electron chi connectivity index (χ0n) is 22.6. The number of carbonyl (C=O) groups excluding carboxylic acids is 2. The molecular formula is C31H28N2O6S. The number of carbonyl (C=O) groups is 2. The van der Waals surface area contributed by atoms with E-state index >= 15 is 0 Å². The molecule has 0 radical (unpaired) electrons. The monoisotopic (exact) mass is 556 g/mol. The van der Waals surface area contributed by atoms with Crippen molar-refractivity contribution in [1.82, 2.24) is 4.57 Å². The number of thiazole rings is 1. The molecule has 9 heteroatoms. The fourth-order valence-electron chi connectivity index (χ4n) is 4.56. The maximum Gasteiger partial charge on any atom is 0.338 e. The van der Waals surface area contributed by atoms with E-state index < -0.39 is 12.0 Å². The van der Waals surface area contributed by atoms with Crippen molar-refractivity contribution in [2.75, 3.05) is 13.2 Å². The van der Waals surface area contributed by atoms with Crippen LogP contribution in [0.5, 0.6) is 0 Å². The van der Waals surface area contributed by atoms with Crippen molar-refractivity contribution < 1.29 is 23.5 Å². The molecule has 0 aliphatic carbocycles. The summed E-state index contributed by atoms with van der Waals surface area (Å²) >= 11 is 1.23. The lowest BCUT2D eigenvalue weighted by molar-refractivity contribution is -0.139. The van der Waals surface area contributed by atoms with Gasteiger partial charge in [0.25, 0.3) is 5.56 Å². The average Bonchev–Trinajstić information content (AvgIpc) is 3.53. The van der Waals surface area contributed by atoms with Gasteiger partial charge in [0.05, 0.1) is 40.6 Å². The van der Waals surface area contributed by atoms with Crippen molar-refractivity contribution in [2.24, 2.45) is 4.99 Å². The number of rotatable bonds is 7. The van der Waals surface area contributed by atoms with Crippen molar-refractivity contribution in [1.29, 1.82) is 0 Å². The first-order valence-electron chi connectivity index (χ1n) is 12.9. The number of nitrogens with zero attached hydrogens (tertiary/aromatic N) is 2. The second-order valence-corrected chi connectivity index (χ2v) is 10.2. The highest BCUT2D eigenvalue weighted by atomic mass is 32.1. The Labute approximate surface area is 234 Å². The smallest absolute Gasteiger partial charge is 0.338 e. The lowest BCUT2D eigenvalue weighted by Gasteiger charge is -2.24. The van der Waals surface area contributed by atoms with Crippen LogP contribution in [0.25, 0.3) is 17.4 Å². The van der Waals surface area contributed by atoms with Gasteiger partial charge in [-0.2, -0.15) is 0 Å². The van der Waals surface area contributed by atoms with Crippen LogP contribution in [0, 0.1) is 6.92 Å². The number of aromatic nitrogens is 1. The van der Waals surface area contributed by atoms with Crippen LogP contribution in [0.2, 0.25) is 0 Å². The molecule has 0 fully saturated rings. The highest BCUT2D eigenvalue weighted by Crippen LogP contribution is 2.31. The number of benzene rings is 2. The summed E-state index contributed by atoms with van der Waals surface area (Å²) in [4.78, 5) is 43.8. The molecule has 2 aromatic heterocycles. The zero-order valence-corrected chi connectivity index (χ0v) is 23.4. The summed E-state index contributed by atoms with van der Waals surface area (Å²) in [5.41, 5.74) is 3.68. The molecule has 8 nitrogen and oxygen atoms in total. The van der Waals surface area contributed by atoms with E-state index in [2.05, 4.69) is 4.99 Å². The van der Waals surface area contributed by atoms with Crippen molar-refractivity contribution >= 4 is 29.4 Å². The first-order chi connectivity index (χ1) is 19.3. The second-order valence-electron chi connectivity index (χ2n) is 9.21. The molecular weight excluding hydrogens is 528 g/mol. The number of ether oxygens (including phenoxy) is 2. The Morgan fingerprint density at radius 1 is 0.950 bits per heavy atom. The topological polar surface area (TPSA) is 100 Å². The maximum atomic E-state index is 13.8. The van der Waals surface area contributed by atoms with Gasteiger partial charge in [-0.3, -0.25) is 9.36 Å². The number of hydrogen-bond acceptors (Lipinski definition) is 8. The predicted molar refractivity (Wildman–Crippen MR) is 152 cm³/mol. The fraction of sp³-hybridized carbons (Fsp3) is 0.226. The summed E-state index contributed by atoms with van der Waals surface area (Å²) in [7, 11) is 0. The van der Waals surface area contributed by atoms with Gasteiger partial charge in [0.15, 0.2) is 4.80 Å². The average molecular weight is 557 g/mol. The molecule has 4 aromatic rings. The molecule has 40 heavy (non-hydrogen) atoms. The molecule has 204 valence electrons. The normalized spacial score (nSPS) is 15.0. The summed E-state index contributed by atoms with van der Waals surface area (Å²) in [6, 6.07) is 17.6. The molecule has 0 unspecified atom stereocenters. The van der Waals surface area contributed by atoms with Gasteiger partial charge in [-0.1, -0.05) is 53.3 Å². The van der Waals surface area contributed by atoms with Gasteiger partial charge in [-0.15, -0.1) is 0 Å². The minimum atomic E-state index is -0.664. The van der Waals surface area contributed by atoms with Crippen molar-refractivity contribution in [2.45, 2.75) is 33.7 Å². The van der Waals surface area contributed by atoms with Gasteiger partial charge in [0.1, 0.15) is 11.5 Å². The van der Waals surface area contributed by atoms with E-state index in [0.29, 0.717) is 44.3 Å². The van der Waals surface area contributed by atoms with Gasteiger partial charge >= 0.3 is 11.9 Å². The quantitative estimate of drug-likeness (QED) is 0.310. The van der Waals surface area contributed by atoms with Gasteiger partial charge in [-0.05, 0) is 57.5 Å². The third kappa shape index (κ3) is 5.20. The minimum Gasteiger partial charge on any atom is -0.463 e. The molecule has 0 N–H and O–H groups in total. The Balaban J connectivity index is 1.54. The molecule has 3 heterocycles. The minimum absolute atomic E-state index is 0.215. The molecule has 0 amide bonds. The van der Waals surface area contributed by atoms with Crippen LogP contribution in [0.4, 0.5) is 0 Å². The summed E-state index contributed by atoms with van der Waals surface area (Å²) < 4.78 is 18.4. The van der Waals surface area contributed by atoms with Crippen molar-refractivity contribution in [3.05, 3.63) is 114 Å². The van der Waals surface area contributed by atoms with Crippen LogP contribution in [0.1, 0.15) is 54.1 Å². The van der Waals surface area contributed by atoms with Crippen LogP contribution < -0.4 is 14.9 Å². The van der Waals surface area contributed by atoms with Gasteiger partial charge in [-0.25, -0.2) is 14.6 Å². The van der Waals surface area contributed by atoms with Crippen LogP contribution in [0.15, 0.2) is 86.1 Å². The van der Waals surface area contributed by atoms with Gasteiger partial charge < -0.3 is 13.9 Å². The molecule has 1 aliphatic heterocycles. The van der Waals surface area contributed by atoms with Gasteiger partial charge in [0, 0.05) is 11.6 Å². The number of furan rings is 1. The molecule has 1 aliphatic rings. The SMILES string of the molecule is CCOC(=O)C1=C(C)N=c2s/c(=C\c3ccc(-c4ccc(C(=O)OCC)cc4)o3)c(=O)n2[C@H]1c1ccc(C)cc1.